The van der Waals surface area contributed by atoms with Gasteiger partial charge in [0.1, 0.15) is 0 Å². The molecule has 10 heteroatoms. The quantitative estimate of drug-likeness (QED) is 0.757. The third-order valence-electron chi connectivity index (χ3n) is 3.50. The van der Waals surface area contributed by atoms with Crippen LogP contribution >= 0.6 is 11.3 Å². The fraction of sp³-hybridized carbons (Fsp3) is 0.750. The summed E-state index contributed by atoms with van der Waals surface area (Å²) in [5.74, 6) is -0.307. The lowest BCUT2D eigenvalue weighted by molar-refractivity contribution is -0.114. The highest BCUT2D eigenvalue weighted by atomic mass is 32.2. The molecule has 22 heavy (non-hydrogen) atoms. The van der Waals surface area contributed by atoms with Crippen LogP contribution in [0.2, 0.25) is 0 Å². The van der Waals surface area contributed by atoms with Crippen molar-refractivity contribution in [1.82, 2.24) is 19.4 Å². The van der Waals surface area contributed by atoms with Gasteiger partial charge in [-0.1, -0.05) is 17.8 Å². The molecule has 0 unspecified atom stereocenters. The molecule has 0 atom stereocenters. The summed E-state index contributed by atoms with van der Waals surface area (Å²) in [5, 5.41) is 9.97. The minimum Gasteiger partial charge on any atom is -0.302 e. The first-order chi connectivity index (χ1) is 10.4. The Kier molecular flexibility index (Phi) is 5.84. The number of hydrogen-bond donors (Lipinski definition) is 1. The number of nitrogens with zero attached hydrogens (tertiary/aromatic N) is 4. The molecule has 1 aromatic heterocycles. The van der Waals surface area contributed by atoms with E-state index in [0.29, 0.717) is 13.1 Å². The summed E-state index contributed by atoms with van der Waals surface area (Å²) in [5.41, 5.74) is 0. The summed E-state index contributed by atoms with van der Waals surface area (Å²) in [4.78, 5) is 13.2. The van der Waals surface area contributed by atoms with E-state index in [2.05, 4.69) is 20.4 Å². The number of hydrogen-bond acceptors (Lipinski definition) is 7. The van der Waals surface area contributed by atoms with Crippen LogP contribution < -0.4 is 5.32 Å². The SMILES string of the molecule is CC(=O)Nc1nnc(S(=O)(=O)N(C)CCN2CCCCC2)s1. The second-order valence-corrected chi connectivity index (χ2v) is 8.48. The number of carbonyl (C=O) groups is 1. The third-order valence-corrected chi connectivity index (χ3v) is 6.54. The molecule has 1 aliphatic heterocycles. The highest BCUT2D eigenvalue weighted by Gasteiger charge is 2.26. The van der Waals surface area contributed by atoms with Crippen molar-refractivity contribution in [2.45, 2.75) is 30.5 Å². The van der Waals surface area contributed by atoms with E-state index < -0.39 is 10.0 Å². The molecule has 2 heterocycles. The summed E-state index contributed by atoms with van der Waals surface area (Å²) < 4.78 is 26.0. The van der Waals surface area contributed by atoms with Gasteiger partial charge in [-0.25, -0.2) is 8.42 Å². The summed E-state index contributed by atoms with van der Waals surface area (Å²) in [6.07, 6.45) is 3.60. The van der Waals surface area contributed by atoms with E-state index in [-0.39, 0.29) is 15.4 Å². The summed E-state index contributed by atoms with van der Waals surface area (Å²) in [6, 6.07) is 0. The molecule has 1 aliphatic rings. The number of nitrogens with one attached hydrogen (secondary N) is 1. The Morgan fingerprint density at radius 1 is 1.32 bits per heavy atom. The van der Waals surface area contributed by atoms with Gasteiger partial charge in [-0.05, 0) is 25.9 Å². The normalized spacial score (nSPS) is 16.9. The Morgan fingerprint density at radius 2 is 2.00 bits per heavy atom. The first-order valence-corrected chi connectivity index (χ1v) is 9.45. The zero-order valence-electron chi connectivity index (χ0n) is 12.8. The second-order valence-electron chi connectivity index (χ2n) is 5.28. The highest BCUT2D eigenvalue weighted by molar-refractivity contribution is 7.91. The number of piperidine rings is 1. The Morgan fingerprint density at radius 3 is 2.64 bits per heavy atom. The van der Waals surface area contributed by atoms with E-state index in [9.17, 15) is 13.2 Å². The summed E-state index contributed by atoms with van der Waals surface area (Å²) in [6.45, 7) is 4.52. The molecule has 0 bridgehead atoms. The topological polar surface area (TPSA) is 95.5 Å². The van der Waals surface area contributed by atoms with Crippen LogP contribution in [0.3, 0.4) is 0 Å². The van der Waals surface area contributed by atoms with Gasteiger partial charge in [-0.3, -0.25) is 4.79 Å². The zero-order chi connectivity index (χ0) is 16.2. The molecule has 1 amide bonds. The third kappa shape index (κ3) is 4.45. The number of likely N-dealkylation sites (tertiary alicyclic amines) is 1. The van der Waals surface area contributed by atoms with Crippen LogP contribution in [0.15, 0.2) is 4.34 Å². The maximum absolute atomic E-state index is 12.4. The van der Waals surface area contributed by atoms with Gasteiger partial charge in [0.05, 0.1) is 0 Å². The first-order valence-electron chi connectivity index (χ1n) is 7.19. The molecule has 0 radical (unpaired) electrons. The molecule has 2 rings (SSSR count). The van der Waals surface area contributed by atoms with Crippen LogP contribution in [0, 0.1) is 0 Å². The van der Waals surface area contributed by atoms with Gasteiger partial charge in [-0.15, -0.1) is 10.2 Å². The molecule has 0 saturated carbocycles. The van der Waals surface area contributed by atoms with Gasteiger partial charge in [0.15, 0.2) is 0 Å². The fourth-order valence-corrected chi connectivity index (χ4v) is 4.53. The number of rotatable bonds is 6. The molecule has 1 fully saturated rings. The van der Waals surface area contributed by atoms with Gasteiger partial charge in [0.2, 0.25) is 15.4 Å². The lowest BCUT2D eigenvalue weighted by Crippen LogP contribution is -2.38. The van der Waals surface area contributed by atoms with E-state index in [4.69, 9.17) is 0 Å². The molecular weight excluding hydrogens is 326 g/mol. The Balaban J connectivity index is 1.95. The van der Waals surface area contributed by atoms with Crippen LogP contribution in [0.1, 0.15) is 26.2 Å². The van der Waals surface area contributed by atoms with E-state index in [1.165, 1.54) is 30.5 Å². The Hall–Kier alpha value is -1.10. The fourth-order valence-electron chi connectivity index (χ4n) is 2.23. The van der Waals surface area contributed by atoms with Crippen molar-refractivity contribution in [3.8, 4) is 0 Å². The predicted octanol–water partition coefficient (Wildman–Crippen LogP) is 0.603. The smallest absolute Gasteiger partial charge is 0.272 e. The van der Waals surface area contributed by atoms with Crippen molar-refractivity contribution in [3.05, 3.63) is 0 Å². The van der Waals surface area contributed by atoms with E-state index in [1.54, 1.807) is 7.05 Å². The molecule has 0 aliphatic carbocycles. The number of sulfonamides is 1. The van der Waals surface area contributed by atoms with E-state index in [1.807, 2.05) is 0 Å². The maximum Gasteiger partial charge on any atom is 0.272 e. The lowest BCUT2D eigenvalue weighted by atomic mass is 10.1. The van der Waals surface area contributed by atoms with Crippen molar-refractivity contribution < 1.29 is 13.2 Å². The van der Waals surface area contributed by atoms with Crippen LogP contribution in [-0.2, 0) is 14.8 Å². The zero-order valence-corrected chi connectivity index (χ0v) is 14.4. The molecular formula is C12H21N5O3S2. The Labute approximate surface area is 134 Å². The molecule has 0 spiro atoms. The van der Waals surface area contributed by atoms with Crippen molar-refractivity contribution in [2.75, 3.05) is 38.5 Å². The van der Waals surface area contributed by atoms with Gasteiger partial charge in [0.25, 0.3) is 10.0 Å². The predicted molar refractivity (Wildman–Crippen MR) is 84.3 cm³/mol. The first kappa shape index (κ1) is 17.3. The monoisotopic (exact) mass is 347 g/mol. The lowest BCUT2D eigenvalue weighted by Gasteiger charge is -2.27. The number of likely N-dealkylation sites (N-methyl/N-ethyl adjacent to an activating group) is 1. The minimum atomic E-state index is -3.65. The van der Waals surface area contributed by atoms with E-state index >= 15 is 0 Å². The van der Waals surface area contributed by atoms with Crippen molar-refractivity contribution in [1.29, 1.82) is 0 Å². The molecule has 1 aromatic rings. The standard InChI is InChI=1S/C12H21N5O3S2/c1-10(18)13-11-14-15-12(21-11)22(19,20)16(2)8-9-17-6-4-3-5-7-17/h3-9H2,1-2H3,(H,13,14,18). The number of carbonyl (C=O) groups excluding carboxylic acids is 1. The molecule has 1 N–H and O–H groups in total. The maximum atomic E-state index is 12.4. The summed E-state index contributed by atoms with van der Waals surface area (Å²) >= 11 is 0.861. The van der Waals surface area contributed by atoms with E-state index in [0.717, 1.165) is 24.4 Å². The van der Waals surface area contributed by atoms with Crippen LogP contribution in [0.5, 0.6) is 0 Å². The van der Waals surface area contributed by atoms with Gasteiger partial charge >= 0.3 is 0 Å². The molecule has 0 aromatic carbocycles. The molecule has 1 saturated heterocycles. The van der Waals surface area contributed by atoms with Crippen LogP contribution in [-0.4, -0.2) is 67.0 Å². The number of amides is 1. The van der Waals surface area contributed by atoms with Crippen molar-refractivity contribution in [2.24, 2.45) is 0 Å². The van der Waals surface area contributed by atoms with Gasteiger partial charge in [0, 0.05) is 27.1 Å². The summed E-state index contributed by atoms with van der Waals surface area (Å²) in [7, 11) is -2.11. The average molecular weight is 347 g/mol. The van der Waals surface area contributed by atoms with Gasteiger partial charge < -0.3 is 10.2 Å². The van der Waals surface area contributed by atoms with Crippen LogP contribution in [0.4, 0.5) is 5.13 Å². The molecule has 8 nitrogen and oxygen atoms in total. The average Bonchev–Trinajstić information content (AvgIpc) is 2.94. The minimum absolute atomic E-state index is 0.0996. The van der Waals surface area contributed by atoms with Crippen molar-refractivity contribution >= 4 is 32.4 Å². The molecule has 124 valence electrons. The number of aromatic nitrogens is 2. The van der Waals surface area contributed by atoms with Gasteiger partial charge in [-0.2, -0.15) is 4.31 Å². The largest absolute Gasteiger partial charge is 0.302 e. The second kappa shape index (κ2) is 7.44. The van der Waals surface area contributed by atoms with Crippen molar-refractivity contribution in [3.63, 3.8) is 0 Å². The highest BCUT2D eigenvalue weighted by Crippen LogP contribution is 2.22. The van der Waals surface area contributed by atoms with Crippen LogP contribution in [0.25, 0.3) is 0 Å². The number of anilines is 1. The Bertz CT molecular complexity index is 610.